The van der Waals surface area contributed by atoms with Gasteiger partial charge in [-0.3, -0.25) is 14.8 Å². The normalized spacial score (nSPS) is 10.2. The standard InChI is InChI=1S/C14H16N4O/c1-2-18(10-11-5-3-4-7-17-11)14(19)12-9-16-8-6-13(12)15/h3-9H,2,10H2,1H3,(H2,15,16). The van der Waals surface area contributed by atoms with Gasteiger partial charge >= 0.3 is 0 Å². The molecule has 0 bridgehead atoms. The van der Waals surface area contributed by atoms with Gasteiger partial charge in [0.2, 0.25) is 0 Å². The van der Waals surface area contributed by atoms with Crippen molar-refractivity contribution in [3.63, 3.8) is 0 Å². The second kappa shape index (κ2) is 5.95. The number of pyridine rings is 2. The largest absolute Gasteiger partial charge is 0.398 e. The van der Waals surface area contributed by atoms with Crippen molar-refractivity contribution >= 4 is 11.6 Å². The van der Waals surface area contributed by atoms with E-state index in [1.807, 2.05) is 25.1 Å². The molecule has 2 rings (SSSR count). The summed E-state index contributed by atoms with van der Waals surface area (Å²) in [6, 6.07) is 7.27. The van der Waals surface area contributed by atoms with Crippen LogP contribution in [-0.4, -0.2) is 27.3 Å². The van der Waals surface area contributed by atoms with Crippen molar-refractivity contribution < 1.29 is 4.79 Å². The number of nitrogen functional groups attached to an aromatic ring is 1. The summed E-state index contributed by atoms with van der Waals surface area (Å²) in [6.45, 7) is 2.97. The Morgan fingerprint density at radius 2 is 2.16 bits per heavy atom. The Hall–Kier alpha value is -2.43. The number of nitrogens with two attached hydrogens (primary N) is 1. The highest BCUT2D eigenvalue weighted by molar-refractivity contribution is 5.98. The molecule has 1 amide bonds. The molecule has 0 atom stereocenters. The molecule has 0 spiro atoms. The molecule has 5 heteroatoms. The number of hydrogen-bond donors (Lipinski definition) is 1. The molecule has 0 fully saturated rings. The number of carbonyl (C=O) groups excluding carboxylic acids is 1. The van der Waals surface area contributed by atoms with Crippen molar-refractivity contribution in [2.75, 3.05) is 12.3 Å². The van der Waals surface area contributed by atoms with E-state index < -0.39 is 0 Å². The first-order valence-electron chi connectivity index (χ1n) is 6.11. The van der Waals surface area contributed by atoms with E-state index >= 15 is 0 Å². The van der Waals surface area contributed by atoms with Crippen LogP contribution in [0.1, 0.15) is 23.0 Å². The van der Waals surface area contributed by atoms with Gasteiger partial charge in [-0.1, -0.05) is 6.07 Å². The second-order valence-corrected chi connectivity index (χ2v) is 4.10. The summed E-state index contributed by atoms with van der Waals surface area (Å²) in [5, 5.41) is 0. The Balaban J connectivity index is 2.18. The highest BCUT2D eigenvalue weighted by atomic mass is 16.2. The number of aromatic nitrogens is 2. The molecule has 0 saturated heterocycles. The van der Waals surface area contributed by atoms with Gasteiger partial charge in [0.1, 0.15) is 0 Å². The zero-order valence-electron chi connectivity index (χ0n) is 10.8. The topological polar surface area (TPSA) is 72.1 Å². The van der Waals surface area contributed by atoms with E-state index in [0.717, 1.165) is 5.69 Å². The summed E-state index contributed by atoms with van der Waals surface area (Å²) < 4.78 is 0. The van der Waals surface area contributed by atoms with Gasteiger partial charge in [-0.2, -0.15) is 0 Å². The highest BCUT2D eigenvalue weighted by Crippen LogP contribution is 2.13. The lowest BCUT2D eigenvalue weighted by Gasteiger charge is -2.21. The molecule has 0 aliphatic rings. The molecule has 98 valence electrons. The van der Waals surface area contributed by atoms with Gasteiger partial charge in [-0.05, 0) is 25.1 Å². The molecule has 0 aliphatic carbocycles. The van der Waals surface area contributed by atoms with Gasteiger partial charge < -0.3 is 10.6 Å². The third-order valence-corrected chi connectivity index (χ3v) is 2.83. The maximum atomic E-state index is 12.4. The van der Waals surface area contributed by atoms with Crippen molar-refractivity contribution in [2.24, 2.45) is 0 Å². The molecular weight excluding hydrogens is 240 g/mol. The molecule has 2 heterocycles. The van der Waals surface area contributed by atoms with Crippen LogP contribution < -0.4 is 5.73 Å². The Morgan fingerprint density at radius 1 is 1.32 bits per heavy atom. The van der Waals surface area contributed by atoms with E-state index in [9.17, 15) is 4.79 Å². The molecule has 2 aromatic heterocycles. The minimum atomic E-state index is -0.126. The first-order chi connectivity index (χ1) is 9.22. The lowest BCUT2D eigenvalue weighted by atomic mass is 10.2. The molecule has 0 saturated carbocycles. The lowest BCUT2D eigenvalue weighted by molar-refractivity contribution is 0.0751. The summed E-state index contributed by atoms with van der Waals surface area (Å²) in [5.74, 6) is -0.126. The van der Waals surface area contributed by atoms with Gasteiger partial charge in [0.05, 0.1) is 17.8 Å². The molecular formula is C14H16N4O. The summed E-state index contributed by atoms with van der Waals surface area (Å²) in [7, 11) is 0. The number of anilines is 1. The van der Waals surface area contributed by atoms with Crippen LogP contribution in [0.25, 0.3) is 0 Å². The highest BCUT2D eigenvalue weighted by Gasteiger charge is 2.17. The molecule has 0 radical (unpaired) electrons. The molecule has 0 aromatic carbocycles. The van der Waals surface area contributed by atoms with Gasteiger partial charge in [0, 0.05) is 30.8 Å². The van der Waals surface area contributed by atoms with Crippen LogP contribution in [0.15, 0.2) is 42.9 Å². The van der Waals surface area contributed by atoms with Crippen LogP contribution in [0, 0.1) is 0 Å². The first kappa shape index (κ1) is 13.0. The van der Waals surface area contributed by atoms with E-state index in [2.05, 4.69) is 9.97 Å². The Morgan fingerprint density at radius 3 is 2.79 bits per heavy atom. The van der Waals surface area contributed by atoms with Crippen molar-refractivity contribution in [1.82, 2.24) is 14.9 Å². The van der Waals surface area contributed by atoms with Crippen molar-refractivity contribution in [1.29, 1.82) is 0 Å². The van der Waals surface area contributed by atoms with E-state index in [1.54, 1.807) is 23.4 Å². The van der Waals surface area contributed by atoms with Crippen molar-refractivity contribution in [3.8, 4) is 0 Å². The van der Waals surface area contributed by atoms with Gasteiger partial charge in [0.25, 0.3) is 5.91 Å². The number of carbonyl (C=O) groups is 1. The van der Waals surface area contributed by atoms with E-state index in [0.29, 0.717) is 24.3 Å². The van der Waals surface area contributed by atoms with Gasteiger partial charge in [0.15, 0.2) is 0 Å². The third-order valence-electron chi connectivity index (χ3n) is 2.83. The average Bonchev–Trinajstić information content (AvgIpc) is 2.46. The maximum absolute atomic E-state index is 12.4. The van der Waals surface area contributed by atoms with Crippen LogP contribution >= 0.6 is 0 Å². The molecule has 2 aromatic rings. The van der Waals surface area contributed by atoms with Crippen molar-refractivity contribution in [3.05, 3.63) is 54.1 Å². The van der Waals surface area contributed by atoms with Crippen LogP contribution in [0.2, 0.25) is 0 Å². The van der Waals surface area contributed by atoms with Crippen LogP contribution in [0.5, 0.6) is 0 Å². The van der Waals surface area contributed by atoms with E-state index in [1.165, 1.54) is 6.20 Å². The smallest absolute Gasteiger partial charge is 0.257 e. The van der Waals surface area contributed by atoms with Gasteiger partial charge in [-0.15, -0.1) is 0 Å². The van der Waals surface area contributed by atoms with E-state index in [4.69, 9.17) is 5.73 Å². The zero-order chi connectivity index (χ0) is 13.7. The maximum Gasteiger partial charge on any atom is 0.257 e. The van der Waals surface area contributed by atoms with Crippen LogP contribution in [0.4, 0.5) is 5.69 Å². The minimum absolute atomic E-state index is 0.126. The fourth-order valence-corrected chi connectivity index (χ4v) is 1.77. The molecule has 0 aliphatic heterocycles. The van der Waals surface area contributed by atoms with E-state index in [-0.39, 0.29) is 5.91 Å². The molecule has 5 nitrogen and oxygen atoms in total. The van der Waals surface area contributed by atoms with Crippen LogP contribution in [0.3, 0.4) is 0 Å². The molecule has 19 heavy (non-hydrogen) atoms. The number of hydrogen-bond acceptors (Lipinski definition) is 4. The van der Waals surface area contributed by atoms with Crippen molar-refractivity contribution in [2.45, 2.75) is 13.5 Å². The average molecular weight is 256 g/mol. The Bertz CT molecular complexity index is 556. The number of amides is 1. The Kier molecular flexibility index (Phi) is 4.07. The SMILES string of the molecule is CCN(Cc1ccccn1)C(=O)c1cnccc1N. The van der Waals surface area contributed by atoms with Gasteiger partial charge in [-0.25, -0.2) is 0 Å². The zero-order valence-corrected chi connectivity index (χ0v) is 10.8. The summed E-state index contributed by atoms with van der Waals surface area (Å²) in [4.78, 5) is 22.2. The first-order valence-corrected chi connectivity index (χ1v) is 6.11. The fraction of sp³-hybridized carbons (Fsp3) is 0.214. The number of rotatable bonds is 4. The predicted octanol–water partition coefficient (Wildman–Crippen LogP) is 1.72. The predicted molar refractivity (Wildman–Crippen MR) is 73.3 cm³/mol. The fourth-order valence-electron chi connectivity index (χ4n) is 1.77. The summed E-state index contributed by atoms with van der Waals surface area (Å²) >= 11 is 0. The molecule has 2 N–H and O–H groups in total. The molecule has 0 unspecified atom stereocenters. The number of nitrogens with zero attached hydrogens (tertiary/aromatic N) is 3. The monoisotopic (exact) mass is 256 g/mol. The summed E-state index contributed by atoms with van der Waals surface area (Å²) in [5.41, 5.74) is 7.53. The lowest BCUT2D eigenvalue weighted by Crippen LogP contribution is -2.31. The van der Waals surface area contributed by atoms with Crippen LogP contribution in [-0.2, 0) is 6.54 Å². The minimum Gasteiger partial charge on any atom is -0.398 e. The second-order valence-electron chi connectivity index (χ2n) is 4.10. The summed E-state index contributed by atoms with van der Waals surface area (Å²) in [6.07, 6.45) is 4.78. The quantitative estimate of drug-likeness (QED) is 0.904. The Labute approximate surface area is 112 Å². The third kappa shape index (κ3) is 3.07.